The molecule has 1 saturated heterocycles. The third kappa shape index (κ3) is 3.24. The minimum atomic E-state index is 0.188. The Morgan fingerprint density at radius 1 is 1.00 bits per heavy atom. The van der Waals surface area contributed by atoms with E-state index >= 15 is 0 Å². The normalized spacial score (nSPS) is 14.2. The minimum absolute atomic E-state index is 0.188. The molecule has 0 unspecified atom stereocenters. The van der Waals surface area contributed by atoms with Crippen molar-refractivity contribution in [1.29, 1.82) is 0 Å². The number of imidazole rings is 1. The maximum Gasteiger partial charge on any atom is 0.147 e. The van der Waals surface area contributed by atoms with Crippen molar-refractivity contribution in [3.63, 3.8) is 0 Å². The van der Waals surface area contributed by atoms with Crippen LogP contribution in [0, 0.1) is 6.92 Å². The van der Waals surface area contributed by atoms with Gasteiger partial charge >= 0.3 is 0 Å². The molecule has 0 saturated carbocycles. The number of nitrogens with one attached hydrogen (secondary N) is 2. The lowest BCUT2D eigenvalue weighted by Crippen LogP contribution is -2.56. The van der Waals surface area contributed by atoms with Crippen molar-refractivity contribution >= 4 is 27.6 Å². The molecule has 0 spiro atoms. The van der Waals surface area contributed by atoms with Crippen molar-refractivity contribution in [2.75, 3.05) is 18.0 Å². The minimum Gasteiger partial charge on any atom is -0.353 e. The first-order valence-electron chi connectivity index (χ1n) is 11.3. The van der Waals surface area contributed by atoms with E-state index in [4.69, 9.17) is 10.7 Å². The van der Waals surface area contributed by atoms with Crippen LogP contribution < -0.4 is 10.6 Å². The van der Waals surface area contributed by atoms with Gasteiger partial charge in [-0.3, -0.25) is 19.6 Å². The zero-order valence-electron chi connectivity index (χ0n) is 18.8. The van der Waals surface area contributed by atoms with Gasteiger partial charge in [0.15, 0.2) is 0 Å². The standard InChI is InChI=1S/C24H21N11/c1-13-9-35(12-29-13)24-16-5-19(30-17(16)2-3-27-24)23-15-4-18(28-7-20(15)32-33-23)21-6-26-8-22(31-21)34-10-14(25)11-34/h2-9,12,14,30H,10-11,25H2,1H3,(H,32,33). The monoisotopic (exact) mass is 463 g/mol. The molecule has 172 valence electrons. The van der Waals surface area contributed by atoms with Crippen molar-refractivity contribution < 1.29 is 0 Å². The molecule has 4 N–H and O–H groups in total. The number of hydrogen-bond donors (Lipinski definition) is 3. The van der Waals surface area contributed by atoms with Crippen LogP contribution in [0.3, 0.4) is 0 Å². The molecule has 6 aromatic heterocycles. The summed E-state index contributed by atoms with van der Waals surface area (Å²) in [5, 5.41) is 9.60. The van der Waals surface area contributed by atoms with Gasteiger partial charge < -0.3 is 15.6 Å². The molecule has 1 aliphatic rings. The molecule has 11 nitrogen and oxygen atoms in total. The third-order valence-electron chi connectivity index (χ3n) is 6.30. The first-order chi connectivity index (χ1) is 17.1. The van der Waals surface area contributed by atoms with Crippen LogP contribution in [-0.2, 0) is 0 Å². The Bertz CT molecular complexity index is 1700. The molecule has 1 fully saturated rings. The molecule has 0 atom stereocenters. The number of pyridine rings is 2. The van der Waals surface area contributed by atoms with E-state index in [2.05, 4.69) is 46.1 Å². The molecule has 6 aromatic rings. The summed E-state index contributed by atoms with van der Waals surface area (Å²) >= 11 is 0. The van der Waals surface area contributed by atoms with E-state index in [9.17, 15) is 0 Å². The summed E-state index contributed by atoms with van der Waals surface area (Å²) in [6.45, 7) is 3.53. The SMILES string of the molecule is Cc1cn(-c2nccc3[nH]c(-c4n[nH]c5cnc(-c6cncc(N7CC(N)C7)n6)cc45)cc23)cn1. The third-order valence-corrected chi connectivity index (χ3v) is 6.30. The first kappa shape index (κ1) is 19.8. The molecule has 0 aliphatic carbocycles. The van der Waals surface area contributed by atoms with E-state index in [0.29, 0.717) is 5.69 Å². The van der Waals surface area contributed by atoms with Gasteiger partial charge in [-0.15, -0.1) is 0 Å². The summed E-state index contributed by atoms with van der Waals surface area (Å²) in [6.07, 6.45) is 10.8. The Morgan fingerprint density at radius 2 is 1.91 bits per heavy atom. The highest BCUT2D eigenvalue weighted by Crippen LogP contribution is 2.32. The van der Waals surface area contributed by atoms with E-state index in [0.717, 1.165) is 69.3 Å². The Labute approximate surface area is 199 Å². The topological polar surface area (TPSA) is 143 Å². The van der Waals surface area contributed by atoms with Gasteiger partial charge in [0.2, 0.25) is 0 Å². The highest BCUT2D eigenvalue weighted by Gasteiger charge is 2.25. The Morgan fingerprint density at radius 3 is 2.74 bits per heavy atom. The van der Waals surface area contributed by atoms with Crippen molar-refractivity contribution in [3.8, 4) is 28.6 Å². The van der Waals surface area contributed by atoms with E-state index in [1.54, 1.807) is 31.1 Å². The van der Waals surface area contributed by atoms with Crippen LogP contribution in [0.25, 0.3) is 50.4 Å². The molecule has 1 aliphatic heterocycles. The lowest BCUT2D eigenvalue weighted by molar-refractivity contribution is 0.514. The Hall–Kier alpha value is -4.64. The van der Waals surface area contributed by atoms with Gasteiger partial charge in [0.1, 0.15) is 29.4 Å². The number of hydrogen-bond acceptors (Lipinski definition) is 8. The second-order valence-corrected chi connectivity index (χ2v) is 8.82. The molecule has 0 radical (unpaired) electrons. The van der Waals surface area contributed by atoms with Gasteiger partial charge in [-0.1, -0.05) is 0 Å². The summed E-state index contributed by atoms with van der Waals surface area (Å²) in [7, 11) is 0. The fourth-order valence-electron chi connectivity index (χ4n) is 4.50. The van der Waals surface area contributed by atoms with Gasteiger partial charge in [0.25, 0.3) is 0 Å². The van der Waals surface area contributed by atoms with Crippen molar-refractivity contribution in [1.82, 2.24) is 44.7 Å². The summed E-state index contributed by atoms with van der Waals surface area (Å²) in [5.74, 6) is 1.62. The van der Waals surface area contributed by atoms with E-state index in [-0.39, 0.29) is 6.04 Å². The van der Waals surface area contributed by atoms with Crippen LogP contribution in [0.1, 0.15) is 5.69 Å². The molecule has 35 heavy (non-hydrogen) atoms. The van der Waals surface area contributed by atoms with Gasteiger partial charge in [0, 0.05) is 42.3 Å². The summed E-state index contributed by atoms with van der Waals surface area (Å²) in [4.78, 5) is 28.2. The van der Waals surface area contributed by atoms with Crippen LogP contribution in [0.5, 0.6) is 0 Å². The molecule has 0 amide bonds. The number of aromatic amines is 2. The fraction of sp³-hybridized carbons (Fsp3) is 0.167. The Balaban J connectivity index is 1.31. The number of H-pyrrole nitrogens is 2. The number of aryl methyl sites for hydroxylation is 1. The molecule has 0 aromatic carbocycles. The average molecular weight is 464 g/mol. The van der Waals surface area contributed by atoms with Crippen LogP contribution in [0.2, 0.25) is 0 Å². The number of anilines is 1. The molecular formula is C24H21N11. The van der Waals surface area contributed by atoms with Crippen LogP contribution in [0.4, 0.5) is 5.82 Å². The van der Waals surface area contributed by atoms with Gasteiger partial charge in [-0.2, -0.15) is 5.10 Å². The predicted molar refractivity (Wildman–Crippen MR) is 132 cm³/mol. The number of nitrogens with zero attached hydrogens (tertiary/aromatic N) is 8. The zero-order chi connectivity index (χ0) is 23.5. The lowest BCUT2D eigenvalue weighted by Gasteiger charge is -2.37. The summed E-state index contributed by atoms with van der Waals surface area (Å²) < 4.78 is 1.93. The van der Waals surface area contributed by atoms with Gasteiger partial charge in [0.05, 0.1) is 46.7 Å². The van der Waals surface area contributed by atoms with Crippen LogP contribution >= 0.6 is 0 Å². The largest absolute Gasteiger partial charge is 0.353 e. The van der Waals surface area contributed by atoms with E-state index in [1.807, 2.05) is 29.8 Å². The Kier molecular flexibility index (Phi) is 4.20. The van der Waals surface area contributed by atoms with Crippen LogP contribution in [-0.4, -0.2) is 63.8 Å². The quantitative estimate of drug-likeness (QED) is 0.362. The van der Waals surface area contributed by atoms with Crippen molar-refractivity contribution in [2.24, 2.45) is 5.73 Å². The zero-order valence-corrected chi connectivity index (χ0v) is 18.8. The molecular weight excluding hydrogens is 442 g/mol. The van der Waals surface area contributed by atoms with E-state index < -0.39 is 0 Å². The number of nitrogens with two attached hydrogens (primary N) is 1. The number of rotatable bonds is 4. The van der Waals surface area contributed by atoms with Crippen molar-refractivity contribution in [2.45, 2.75) is 13.0 Å². The lowest BCUT2D eigenvalue weighted by atomic mass is 10.1. The molecule has 11 heteroatoms. The second-order valence-electron chi connectivity index (χ2n) is 8.82. The molecule has 7 heterocycles. The van der Waals surface area contributed by atoms with E-state index in [1.165, 1.54) is 0 Å². The summed E-state index contributed by atoms with van der Waals surface area (Å²) in [5.41, 5.74) is 11.8. The molecule has 7 rings (SSSR count). The van der Waals surface area contributed by atoms with Crippen LogP contribution in [0.15, 0.2) is 55.5 Å². The van der Waals surface area contributed by atoms with Crippen molar-refractivity contribution in [3.05, 3.63) is 61.2 Å². The number of fused-ring (bicyclic) bond motifs is 2. The van der Waals surface area contributed by atoms with Gasteiger partial charge in [-0.05, 0) is 25.1 Å². The summed E-state index contributed by atoms with van der Waals surface area (Å²) in [6, 6.07) is 6.20. The number of aromatic nitrogens is 9. The fourth-order valence-corrected chi connectivity index (χ4v) is 4.50. The predicted octanol–water partition coefficient (Wildman–Crippen LogP) is 2.60. The smallest absolute Gasteiger partial charge is 0.147 e. The average Bonchev–Trinajstić information content (AvgIpc) is 3.59. The van der Waals surface area contributed by atoms with Gasteiger partial charge in [-0.25, -0.2) is 15.0 Å². The second kappa shape index (κ2) is 7.43. The first-order valence-corrected chi connectivity index (χ1v) is 11.3. The maximum atomic E-state index is 5.93. The highest BCUT2D eigenvalue weighted by molar-refractivity contribution is 5.98. The molecule has 0 bridgehead atoms. The highest BCUT2D eigenvalue weighted by atomic mass is 15.3. The maximum absolute atomic E-state index is 5.93.